The summed E-state index contributed by atoms with van der Waals surface area (Å²) in [5.74, 6) is 1.60. The van der Waals surface area contributed by atoms with E-state index >= 15 is 0 Å². The lowest BCUT2D eigenvalue weighted by atomic mass is 9.90. The number of hydrogen-bond donors (Lipinski definition) is 1. The van der Waals surface area contributed by atoms with Crippen LogP contribution in [0.1, 0.15) is 43.0 Å². The second-order valence-electron chi connectivity index (χ2n) is 5.81. The number of rotatable bonds is 4. The van der Waals surface area contributed by atoms with E-state index in [0.29, 0.717) is 6.04 Å². The third-order valence-corrected chi connectivity index (χ3v) is 5.25. The van der Waals surface area contributed by atoms with Crippen LogP contribution in [0.25, 0.3) is 0 Å². The highest BCUT2D eigenvalue weighted by molar-refractivity contribution is 7.12. The number of likely N-dealkylation sites (tertiary alicyclic amines) is 1. The minimum atomic E-state index is 0.431. The lowest BCUT2D eigenvalue weighted by Crippen LogP contribution is -2.43. The molecule has 2 nitrogen and oxygen atoms in total. The standard InChI is InChI=1S/C15H26N2S/c1-4-13-5-6-15(18-13)14(8-16)17-9-11(2)7-12(3)10-17/h5-6,11-12,14H,4,7-10,16H2,1-3H3. The van der Waals surface area contributed by atoms with Crippen molar-refractivity contribution in [2.75, 3.05) is 19.6 Å². The predicted molar refractivity (Wildman–Crippen MR) is 80.0 cm³/mol. The number of nitrogens with two attached hydrogens (primary N) is 1. The van der Waals surface area contributed by atoms with Crippen LogP contribution < -0.4 is 5.73 Å². The highest BCUT2D eigenvalue weighted by Gasteiger charge is 2.28. The normalized spacial score (nSPS) is 27.3. The number of hydrogen-bond acceptors (Lipinski definition) is 3. The average molecular weight is 266 g/mol. The number of aryl methyl sites for hydroxylation is 1. The molecule has 3 atom stereocenters. The summed E-state index contributed by atoms with van der Waals surface area (Å²) in [4.78, 5) is 5.53. The molecule has 18 heavy (non-hydrogen) atoms. The van der Waals surface area contributed by atoms with E-state index in [0.717, 1.165) is 24.8 Å². The minimum absolute atomic E-state index is 0.431. The fraction of sp³-hybridized carbons (Fsp3) is 0.733. The van der Waals surface area contributed by atoms with Gasteiger partial charge in [-0.25, -0.2) is 0 Å². The van der Waals surface area contributed by atoms with Crippen molar-refractivity contribution in [1.82, 2.24) is 4.90 Å². The van der Waals surface area contributed by atoms with Crippen LogP contribution in [0.5, 0.6) is 0 Å². The van der Waals surface area contributed by atoms with Crippen molar-refractivity contribution in [3.05, 3.63) is 21.9 Å². The van der Waals surface area contributed by atoms with E-state index in [-0.39, 0.29) is 0 Å². The van der Waals surface area contributed by atoms with Crippen molar-refractivity contribution in [2.24, 2.45) is 17.6 Å². The van der Waals surface area contributed by atoms with E-state index in [1.807, 2.05) is 11.3 Å². The van der Waals surface area contributed by atoms with Crippen LogP contribution in [-0.2, 0) is 6.42 Å². The summed E-state index contributed by atoms with van der Waals surface area (Å²) >= 11 is 1.94. The van der Waals surface area contributed by atoms with Gasteiger partial charge in [0.2, 0.25) is 0 Å². The fourth-order valence-electron chi connectivity index (χ4n) is 3.17. The van der Waals surface area contributed by atoms with Crippen LogP contribution >= 0.6 is 11.3 Å². The SMILES string of the molecule is CCc1ccc(C(CN)N2CC(C)CC(C)C2)s1. The van der Waals surface area contributed by atoms with E-state index < -0.39 is 0 Å². The van der Waals surface area contributed by atoms with Gasteiger partial charge in [0.1, 0.15) is 0 Å². The van der Waals surface area contributed by atoms with Crippen molar-refractivity contribution in [2.45, 2.75) is 39.7 Å². The lowest BCUT2D eigenvalue weighted by molar-refractivity contribution is 0.0999. The predicted octanol–water partition coefficient (Wildman–Crippen LogP) is 3.29. The second-order valence-corrected chi connectivity index (χ2v) is 7.01. The van der Waals surface area contributed by atoms with Gasteiger partial charge in [-0.2, -0.15) is 0 Å². The summed E-state index contributed by atoms with van der Waals surface area (Å²) in [6.45, 7) is 10.1. The van der Waals surface area contributed by atoms with Crippen molar-refractivity contribution in [3.8, 4) is 0 Å². The van der Waals surface area contributed by atoms with Crippen LogP contribution in [-0.4, -0.2) is 24.5 Å². The molecular formula is C15H26N2S. The molecule has 0 spiro atoms. The molecule has 0 saturated carbocycles. The third kappa shape index (κ3) is 3.14. The molecule has 0 bridgehead atoms. The minimum Gasteiger partial charge on any atom is -0.329 e. The van der Waals surface area contributed by atoms with Crippen molar-refractivity contribution < 1.29 is 0 Å². The van der Waals surface area contributed by atoms with Gasteiger partial charge in [-0.1, -0.05) is 20.8 Å². The van der Waals surface area contributed by atoms with Gasteiger partial charge in [0, 0.05) is 29.4 Å². The summed E-state index contributed by atoms with van der Waals surface area (Å²) in [5.41, 5.74) is 6.04. The Morgan fingerprint density at radius 3 is 2.50 bits per heavy atom. The molecule has 1 saturated heterocycles. The molecule has 102 valence electrons. The highest BCUT2D eigenvalue weighted by atomic mass is 32.1. The fourth-order valence-corrected chi connectivity index (χ4v) is 4.28. The molecule has 2 N–H and O–H groups in total. The van der Waals surface area contributed by atoms with Crippen molar-refractivity contribution >= 4 is 11.3 Å². The lowest BCUT2D eigenvalue weighted by Gasteiger charge is -2.39. The van der Waals surface area contributed by atoms with Gasteiger partial charge >= 0.3 is 0 Å². The molecule has 0 radical (unpaired) electrons. The molecule has 2 rings (SSSR count). The molecule has 1 aromatic rings. The van der Waals surface area contributed by atoms with Gasteiger partial charge in [0.25, 0.3) is 0 Å². The maximum Gasteiger partial charge on any atom is 0.0564 e. The first kappa shape index (κ1) is 14.0. The third-order valence-electron chi connectivity index (χ3n) is 3.92. The van der Waals surface area contributed by atoms with E-state index in [9.17, 15) is 0 Å². The zero-order valence-corrected chi connectivity index (χ0v) is 12.7. The summed E-state index contributed by atoms with van der Waals surface area (Å²) in [6, 6.07) is 4.98. The zero-order chi connectivity index (χ0) is 13.1. The Kier molecular flexibility index (Phi) is 4.82. The number of piperidine rings is 1. The quantitative estimate of drug-likeness (QED) is 0.906. The van der Waals surface area contributed by atoms with E-state index in [4.69, 9.17) is 5.73 Å². The first-order valence-electron chi connectivity index (χ1n) is 7.16. The molecule has 1 aliphatic rings. The Bertz CT molecular complexity index is 364. The Morgan fingerprint density at radius 1 is 1.33 bits per heavy atom. The Hall–Kier alpha value is -0.380. The van der Waals surface area contributed by atoms with E-state index in [2.05, 4.69) is 37.8 Å². The monoisotopic (exact) mass is 266 g/mol. The molecule has 1 fully saturated rings. The van der Waals surface area contributed by atoms with Crippen molar-refractivity contribution in [3.63, 3.8) is 0 Å². The Labute approximate surface area is 115 Å². The van der Waals surface area contributed by atoms with Crippen LogP contribution in [0.2, 0.25) is 0 Å². The molecular weight excluding hydrogens is 240 g/mol. The topological polar surface area (TPSA) is 29.3 Å². The Morgan fingerprint density at radius 2 is 2.00 bits per heavy atom. The second kappa shape index (κ2) is 6.18. The maximum atomic E-state index is 6.04. The van der Waals surface area contributed by atoms with Crippen LogP contribution in [0.15, 0.2) is 12.1 Å². The van der Waals surface area contributed by atoms with Crippen LogP contribution in [0, 0.1) is 11.8 Å². The first-order valence-corrected chi connectivity index (χ1v) is 7.98. The smallest absolute Gasteiger partial charge is 0.0564 e. The highest BCUT2D eigenvalue weighted by Crippen LogP contribution is 2.32. The Balaban J connectivity index is 2.12. The van der Waals surface area contributed by atoms with E-state index in [1.54, 1.807) is 0 Å². The van der Waals surface area contributed by atoms with Gasteiger partial charge in [-0.15, -0.1) is 11.3 Å². The summed E-state index contributed by atoms with van der Waals surface area (Å²) in [6.07, 6.45) is 2.49. The molecule has 1 aliphatic heterocycles. The maximum absolute atomic E-state index is 6.04. The molecule has 1 aromatic heterocycles. The van der Waals surface area contributed by atoms with Gasteiger partial charge in [0.15, 0.2) is 0 Å². The summed E-state index contributed by atoms with van der Waals surface area (Å²) in [7, 11) is 0. The molecule has 0 amide bonds. The zero-order valence-electron chi connectivity index (χ0n) is 11.9. The average Bonchev–Trinajstić information content (AvgIpc) is 2.77. The molecule has 3 heteroatoms. The summed E-state index contributed by atoms with van der Waals surface area (Å²) < 4.78 is 0. The van der Waals surface area contributed by atoms with E-state index in [1.165, 1.54) is 29.3 Å². The summed E-state index contributed by atoms with van der Waals surface area (Å²) in [5, 5.41) is 0. The van der Waals surface area contributed by atoms with Gasteiger partial charge < -0.3 is 5.73 Å². The van der Waals surface area contributed by atoms with Crippen molar-refractivity contribution in [1.29, 1.82) is 0 Å². The number of nitrogens with zero attached hydrogens (tertiary/aromatic N) is 1. The molecule has 3 unspecified atom stereocenters. The molecule has 0 aliphatic carbocycles. The molecule has 2 heterocycles. The van der Waals surface area contributed by atoms with Gasteiger partial charge in [0.05, 0.1) is 6.04 Å². The number of thiophene rings is 1. The largest absolute Gasteiger partial charge is 0.329 e. The molecule has 0 aromatic carbocycles. The van der Waals surface area contributed by atoms with Gasteiger partial charge in [-0.3, -0.25) is 4.90 Å². The first-order chi connectivity index (χ1) is 8.63. The van der Waals surface area contributed by atoms with Crippen LogP contribution in [0.4, 0.5) is 0 Å². The van der Waals surface area contributed by atoms with Gasteiger partial charge in [-0.05, 0) is 36.8 Å². The van der Waals surface area contributed by atoms with Crippen LogP contribution in [0.3, 0.4) is 0 Å².